The van der Waals surface area contributed by atoms with Gasteiger partial charge in [-0.1, -0.05) is 35.0 Å². The van der Waals surface area contributed by atoms with E-state index in [4.69, 9.17) is 15.0 Å². The number of aryl methyl sites for hydroxylation is 1. The summed E-state index contributed by atoms with van der Waals surface area (Å²) in [5.74, 6) is 0.688. The first kappa shape index (κ1) is 18.9. The first-order chi connectivity index (χ1) is 14.5. The molecule has 150 valence electrons. The van der Waals surface area contributed by atoms with E-state index in [1.165, 1.54) is 0 Å². The molecule has 3 aromatic heterocycles. The van der Waals surface area contributed by atoms with Gasteiger partial charge in [0, 0.05) is 16.2 Å². The second-order valence-electron chi connectivity index (χ2n) is 7.49. The van der Waals surface area contributed by atoms with Crippen LogP contribution in [0.4, 0.5) is 0 Å². The monoisotopic (exact) mass is 461 g/mol. The number of hydrogen-bond donors (Lipinski definition) is 0. The Labute approximate surface area is 181 Å². The van der Waals surface area contributed by atoms with E-state index >= 15 is 0 Å². The molecule has 3 heterocycles. The van der Waals surface area contributed by atoms with Crippen molar-refractivity contribution in [2.75, 3.05) is 0 Å². The third kappa shape index (κ3) is 2.76. The first-order valence-corrected chi connectivity index (χ1v) is 10.7. The molecule has 5 rings (SSSR count). The van der Waals surface area contributed by atoms with Crippen molar-refractivity contribution in [3.63, 3.8) is 0 Å². The summed E-state index contributed by atoms with van der Waals surface area (Å²) >= 11 is 3.49. The molecule has 0 aliphatic rings. The van der Waals surface area contributed by atoms with Gasteiger partial charge in [0.2, 0.25) is 0 Å². The van der Waals surface area contributed by atoms with E-state index in [1.807, 2.05) is 66.9 Å². The van der Waals surface area contributed by atoms with Crippen molar-refractivity contribution in [2.45, 2.75) is 33.2 Å². The van der Waals surface area contributed by atoms with Crippen LogP contribution in [0.25, 0.3) is 38.9 Å². The van der Waals surface area contributed by atoms with Crippen LogP contribution in [0, 0.1) is 6.92 Å². The summed E-state index contributed by atoms with van der Waals surface area (Å²) in [7, 11) is 0. The molecule has 7 heteroatoms. The van der Waals surface area contributed by atoms with E-state index in [2.05, 4.69) is 22.9 Å². The number of aromatic nitrogens is 5. The zero-order chi connectivity index (χ0) is 21.0. The molecular formula is C23H20BrN5O. The molecule has 6 nitrogen and oxygen atoms in total. The molecule has 5 aromatic rings. The Morgan fingerprint density at radius 1 is 0.967 bits per heavy atom. The Balaban J connectivity index is 2.01. The Morgan fingerprint density at radius 3 is 2.30 bits per heavy atom. The first-order valence-electron chi connectivity index (χ1n) is 9.95. The minimum atomic E-state index is -0.0720. The zero-order valence-electron chi connectivity index (χ0n) is 16.9. The molecule has 0 spiro atoms. The predicted octanol–water partition coefficient (Wildman–Crippen LogP) is 5.33. The summed E-state index contributed by atoms with van der Waals surface area (Å²) in [5.41, 5.74) is 4.16. The second-order valence-corrected chi connectivity index (χ2v) is 8.40. The van der Waals surface area contributed by atoms with Crippen molar-refractivity contribution < 1.29 is 0 Å². The van der Waals surface area contributed by atoms with Gasteiger partial charge < -0.3 is 0 Å². The van der Waals surface area contributed by atoms with Crippen LogP contribution in [0.1, 0.15) is 32.1 Å². The van der Waals surface area contributed by atoms with E-state index in [0.29, 0.717) is 28.0 Å². The molecule has 0 fully saturated rings. The smallest absolute Gasteiger partial charge is 0.265 e. The topological polar surface area (TPSA) is 65.6 Å². The van der Waals surface area contributed by atoms with E-state index in [0.717, 1.165) is 27.6 Å². The molecule has 0 saturated heterocycles. The van der Waals surface area contributed by atoms with Crippen molar-refractivity contribution in [2.24, 2.45) is 0 Å². The molecule has 0 aliphatic carbocycles. The molecule has 0 saturated carbocycles. The second kappa shape index (κ2) is 7.02. The average molecular weight is 462 g/mol. The summed E-state index contributed by atoms with van der Waals surface area (Å²) in [6.45, 7) is 5.99. The number of fused-ring (bicyclic) bond motifs is 4. The Morgan fingerprint density at radius 2 is 1.63 bits per heavy atom. The van der Waals surface area contributed by atoms with Gasteiger partial charge in [-0.3, -0.25) is 13.9 Å². The number of halogens is 1. The van der Waals surface area contributed by atoms with Crippen molar-refractivity contribution in [1.29, 1.82) is 0 Å². The Bertz CT molecular complexity index is 1480. The molecule has 0 bridgehead atoms. The van der Waals surface area contributed by atoms with Crippen LogP contribution in [0.2, 0.25) is 0 Å². The van der Waals surface area contributed by atoms with Crippen molar-refractivity contribution >= 4 is 49.2 Å². The molecule has 1 atom stereocenters. The summed E-state index contributed by atoms with van der Waals surface area (Å²) in [6.07, 6.45) is 0.841. The normalized spacial score (nSPS) is 12.8. The lowest BCUT2D eigenvalue weighted by atomic mass is 10.2. The van der Waals surface area contributed by atoms with Crippen LogP contribution < -0.4 is 5.56 Å². The summed E-state index contributed by atoms with van der Waals surface area (Å²) in [5, 5.41) is 0.511. The number of nitrogens with zero attached hydrogens (tertiary/aromatic N) is 5. The van der Waals surface area contributed by atoms with Gasteiger partial charge in [-0.25, -0.2) is 15.0 Å². The number of para-hydroxylation sites is 2. The highest BCUT2D eigenvalue weighted by Gasteiger charge is 2.23. The largest absolute Gasteiger partial charge is 0.293 e. The van der Waals surface area contributed by atoms with E-state index in [9.17, 15) is 4.79 Å². The molecule has 0 N–H and O–H groups in total. The van der Waals surface area contributed by atoms with Gasteiger partial charge >= 0.3 is 0 Å². The van der Waals surface area contributed by atoms with Crippen LogP contribution >= 0.6 is 15.9 Å². The lowest BCUT2D eigenvalue weighted by Gasteiger charge is -2.16. The standard InChI is InChI=1S/C23H20BrN5O/c1-4-13(2)28-14(3)25-21-19(23(28)30)20-22(27-18-8-6-5-7-17(18)26-20)29(21)16-11-9-15(24)10-12-16/h5-13H,4H2,1-3H3/t13-/m1/s1. The fourth-order valence-corrected chi connectivity index (χ4v) is 4.21. The predicted molar refractivity (Wildman–Crippen MR) is 123 cm³/mol. The zero-order valence-corrected chi connectivity index (χ0v) is 18.5. The lowest BCUT2D eigenvalue weighted by Crippen LogP contribution is -2.26. The van der Waals surface area contributed by atoms with Gasteiger partial charge in [0.05, 0.1) is 11.0 Å². The third-order valence-corrected chi connectivity index (χ3v) is 6.13. The summed E-state index contributed by atoms with van der Waals surface area (Å²) in [4.78, 5) is 28.2. The van der Waals surface area contributed by atoms with Crippen LogP contribution in [0.3, 0.4) is 0 Å². The van der Waals surface area contributed by atoms with E-state index in [1.54, 1.807) is 4.57 Å². The molecule has 0 amide bonds. The molecule has 30 heavy (non-hydrogen) atoms. The maximum absolute atomic E-state index is 13.6. The van der Waals surface area contributed by atoms with Gasteiger partial charge in [-0.2, -0.15) is 0 Å². The minimum absolute atomic E-state index is 0.0499. The molecule has 2 aromatic carbocycles. The van der Waals surface area contributed by atoms with E-state index in [-0.39, 0.29) is 11.6 Å². The minimum Gasteiger partial charge on any atom is -0.293 e. The highest BCUT2D eigenvalue weighted by atomic mass is 79.9. The number of benzene rings is 2. The average Bonchev–Trinajstić information content (AvgIpc) is 3.05. The van der Waals surface area contributed by atoms with Gasteiger partial charge in [0.15, 0.2) is 11.3 Å². The van der Waals surface area contributed by atoms with Gasteiger partial charge in [-0.05, 0) is 56.7 Å². The summed E-state index contributed by atoms with van der Waals surface area (Å²) in [6, 6.07) is 15.7. The highest BCUT2D eigenvalue weighted by Crippen LogP contribution is 2.29. The maximum Gasteiger partial charge on any atom is 0.265 e. The lowest BCUT2D eigenvalue weighted by molar-refractivity contribution is 0.497. The van der Waals surface area contributed by atoms with Crippen LogP contribution in [0.15, 0.2) is 57.8 Å². The Hall–Kier alpha value is -3.06. The van der Waals surface area contributed by atoms with Crippen LogP contribution in [-0.2, 0) is 0 Å². The van der Waals surface area contributed by atoms with Gasteiger partial charge in [0.25, 0.3) is 5.56 Å². The molecular weight excluding hydrogens is 442 g/mol. The SMILES string of the molecule is CC[C@@H](C)n1c(C)nc2c(c1=O)c1nc3ccccc3nc1n2-c1ccc(Br)cc1. The summed E-state index contributed by atoms with van der Waals surface area (Å²) < 4.78 is 4.68. The van der Waals surface area contributed by atoms with Crippen LogP contribution in [-0.4, -0.2) is 24.1 Å². The fraction of sp³-hybridized carbons (Fsp3) is 0.217. The number of hydrogen-bond acceptors (Lipinski definition) is 4. The van der Waals surface area contributed by atoms with Crippen molar-refractivity contribution in [3.8, 4) is 5.69 Å². The van der Waals surface area contributed by atoms with Gasteiger partial charge in [-0.15, -0.1) is 0 Å². The maximum atomic E-state index is 13.6. The quantitative estimate of drug-likeness (QED) is 0.364. The van der Waals surface area contributed by atoms with Crippen molar-refractivity contribution in [1.82, 2.24) is 24.1 Å². The molecule has 0 unspecified atom stereocenters. The van der Waals surface area contributed by atoms with Crippen molar-refractivity contribution in [3.05, 3.63) is 69.2 Å². The third-order valence-electron chi connectivity index (χ3n) is 5.60. The van der Waals surface area contributed by atoms with Gasteiger partial charge in [0.1, 0.15) is 16.7 Å². The molecule has 0 radical (unpaired) electrons. The number of rotatable bonds is 3. The Kier molecular flexibility index (Phi) is 4.43. The fourth-order valence-electron chi connectivity index (χ4n) is 3.95. The molecule has 0 aliphatic heterocycles. The van der Waals surface area contributed by atoms with Crippen LogP contribution in [0.5, 0.6) is 0 Å². The highest BCUT2D eigenvalue weighted by molar-refractivity contribution is 9.10. The van der Waals surface area contributed by atoms with E-state index < -0.39 is 0 Å².